The lowest BCUT2D eigenvalue weighted by molar-refractivity contribution is 0.0970. The highest BCUT2D eigenvalue weighted by Crippen LogP contribution is 2.20. The first kappa shape index (κ1) is 11.6. The fourth-order valence-corrected chi connectivity index (χ4v) is 2.49. The molecule has 2 heterocycles. The molecule has 1 aromatic heterocycles. The van der Waals surface area contributed by atoms with E-state index in [0.29, 0.717) is 4.77 Å². The molecule has 1 fully saturated rings. The summed E-state index contributed by atoms with van der Waals surface area (Å²) in [6.45, 7) is 1.63. The molecular formula is C13H15N3OS. The highest BCUT2D eigenvalue weighted by molar-refractivity contribution is 7.71. The number of nitrogens with zero attached hydrogens (tertiary/aromatic N) is 2. The Hall–Kier alpha value is -1.46. The van der Waals surface area contributed by atoms with Crippen LogP contribution in [-0.2, 0) is 11.3 Å². The Balaban J connectivity index is 1.93. The second-order valence-electron chi connectivity index (χ2n) is 4.46. The van der Waals surface area contributed by atoms with Crippen LogP contribution in [0.2, 0.25) is 0 Å². The Morgan fingerprint density at radius 2 is 2.22 bits per heavy atom. The van der Waals surface area contributed by atoms with Gasteiger partial charge >= 0.3 is 0 Å². The number of aromatic nitrogens is 3. The summed E-state index contributed by atoms with van der Waals surface area (Å²) in [7, 11) is 0. The van der Waals surface area contributed by atoms with Gasteiger partial charge in [0.2, 0.25) is 0 Å². The van der Waals surface area contributed by atoms with Gasteiger partial charge in [-0.05, 0) is 25.1 Å². The Labute approximate surface area is 111 Å². The summed E-state index contributed by atoms with van der Waals surface area (Å²) in [5.74, 6) is 0.885. The van der Waals surface area contributed by atoms with Crippen molar-refractivity contribution in [2.75, 3.05) is 6.61 Å². The first-order valence-electron chi connectivity index (χ1n) is 6.17. The van der Waals surface area contributed by atoms with Crippen LogP contribution in [-0.4, -0.2) is 27.5 Å². The van der Waals surface area contributed by atoms with Gasteiger partial charge in [0.1, 0.15) is 0 Å². The summed E-state index contributed by atoms with van der Waals surface area (Å²) in [6, 6.07) is 10.1. The number of H-pyrrole nitrogens is 1. The quantitative estimate of drug-likeness (QED) is 0.864. The Morgan fingerprint density at radius 1 is 1.39 bits per heavy atom. The molecule has 1 aromatic carbocycles. The van der Waals surface area contributed by atoms with Gasteiger partial charge in [-0.3, -0.25) is 9.67 Å². The molecule has 0 amide bonds. The fourth-order valence-electron chi connectivity index (χ4n) is 2.29. The first-order valence-corrected chi connectivity index (χ1v) is 6.57. The molecule has 1 atom stereocenters. The zero-order chi connectivity index (χ0) is 12.4. The maximum absolute atomic E-state index is 5.66. The molecule has 2 aromatic rings. The lowest BCUT2D eigenvalue weighted by Crippen LogP contribution is -2.15. The van der Waals surface area contributed by atoms with E-state index in [2.05, 4.69) is 10.2 Å². The molecule has 0 bridgehead atoms. The van der Waals surface area contributed by atoms with Gasteiger partial charge in [-0.25, -0.2) is 0 Å². The average Bonchev–Trinajstić information content (AvgIpc) is 3.03. The summed E-state index contributed by atoms with van der Waals surface area (Å²) < 4.78 is 8.35. The minimum Gasteiger partial charge on any atom is -0.376 e. The first-order chi connectivity index (χ1) is 8.84. The Bertz CT molecular complexity index is 569. The van der Waals surface area contributed by atoms with Gasteiger partial charge in [0.05, 0.1) is 12.6 Å². The van der Waals surface area contributed by atoms with E-state index >= 15 is 0 Å². The van der Waals surface area contributed by atoms with E-state index < -0.39 is 0 Å². The normalized spacial score (nSPS) is 19.2. The molecule has 0 radical (unpaired) electrons. The molecule has 0 unspecified atom stereocenters. The van der Waals surface area contributed by atoms with Crippen molar-refractivity contribution < 1.29 is 4.74 Å². The van der Waals surface area contributed by atoms with E-state index in [4.69, 9.17) is 17.0 Å². The number of aromatic amines is 1. The number of hydrogen-bond donors (Lipinski definition) is 1. The van der Waals surface area contributed by atoms with E-state index in [-0.39, 0.29) is 6.10 Å². The van der Waals surface area contributed by atoms with E-state index in [9.17, 15) is 0 Å². The van der Waals surface area contributed by atoms with Crippen molar-refractivity contribution >= 4 is 12.2 Å². The molecule has 1 aliphatic heterocycles. The van der Waals surface area contributed by atoms with Crippen molar-refractivity contribution in [2.45, 2.75) is 25.5 Å². The van der Waals surface area contributed by atoms with Gasteiger partial charge in [0.15, 0.2) is 10.6 Å². The highest BCUT2D eigenvalue weighted by Gasteiger charge is 2.18. The maximum Gasteiger partial charge on any atom is 0.195 e. The van der Waals surface area contributed by atoms with Crippen molar-refractivity contribution in [2.24, 2.45) is 0 Å². The van der Waals surface area contributed by atoms with Crippen molar-refractivity contribution in [3.63, 3.8) is 0 Å². The summed E-state index contributed by atoms with van der Waals surface area (Å²) >= 11 is 5.30. The second kappa shape index (κ2) is 5.04. The molecule has 1 N–H and O–H groups in total. The van der Waals surface area contributed by atoms with Gasteiger partial charge in [0, 0.05) is 12.2 Å². The third kappa shape index (κ3) is 2.23. The molecule has 5 heteroatoms. The largest absolute Gasteiger partial charge is 0.376 e. The third-order valence-corrected chi connectivity index (χ3v) is 3.51. The van der Waals surface area contributed by atoms with E-state index in [0.717, 1.165) is 37.4 Å². The minimum atomic E-state index is 0.261. The highest BCUT2D eigenvalue weighted by atomic mass is 32.1. The fraction of sp³-hybridized carbons (Fsp3) is 0.385. The van der Waals surface area contributed by atoms with Crippen molar-refractivity contribution in [1.82, 2.24) is 14.8 Å². The molecule has 4 nitrogen and oxygen atoms in total. The van der Waals surface area contributed by atoms with Crippen molar-refractivity contribution in [3.05, 3.63) is 35.1 Å². The van der Waals surface area contributed by atoms with E-state index in [1.165, 1.54) is 0 Å². The summed E-state index contributed by atoms with van der Waals surface area (Å²) in [4.78, 5) is 0. The molecule has 94 valence electrons. The summed E-state index contributed by atoms with van der Waals surface area (Å²) in [6.07, 6.45) is 2.49. The molecule has 0 spiro atoms. The van der Waals surface area contributed by atoms with Gasteiger partial charge < -0.3 is 4.74 Å². The van der Waals surface area contributed by atoms with E-state index in [1.807, 2.05) is 34.9 Å². The standard InChI is InChI=1S/C13H15N3OS/c18-13-15-14-12(10-5-2-1-3-6-10)16(13)9-11-7-4-8-17-11/h1-3,5-6,11H,4,7-9H2,(H,15,18)/t11-/m1/s1. The van der Waals surface area contributed by atoms with Crippen LogP contribution in [0.3, 0.4) is 0 Å². The number of rotatable bonds is 3. The number of hydrogen-bond acceptors (Lipinski definition) is 3. The minimum absolute atomic E-state index is 0.261. The third-order valence-electron chi connectivity index (χ3n) is 3.20. The summed E-state index contributed by atoms with van der Waals surface area (Å²) in [5, 5.41) is 7.19. The number of ether oxygens (including phenoxy) is 1. The van der Waals surface area contributed by atoms with Crippen molar-refractivity contribution in [1.29, 1.82) is 0 Å². The molecule has 0 saturated carbocycles. The second-order valence-corrected chi connectivity index (χ2v) is 4.85. The van der Waals surface area contributed by atoms with E-state index in [1.54, 1.807) is 0 Å². The van der Waals surface area contributed by atoms with Crippen LogP contribution in [0.4, 0.5) is 0 Å². The maximum atomic E-state index is 5.66. The zero-order valence-electron chi connectivity index (χ0n) is 10.0. The van der Waals surface area contributed by atoms with Crippen LogP contribution in [0, 0.1) is 4.77 Å². The lowest BCUT2D eigenvalue weighted by atomic mass is 10.2. The van der Waals surface area contributed by atoms with Crippen LogP contribution >= 0.6 is 12.2 Å². The number of benzene rings is 1. The smallest absolute Gasteiger partial charge is 0.195 e. The SMILES string of the molecule is S=c1[nH]nc(-c2ccccc2)n1C[C@H]1CCCO1. The van der Waals surface area contributed by atoms with Crippen LogP contribution < -0.4 is 0 Å². The van der Waals surface area contributed by atoms with Crippen LogP contribution in [0.5, 0.6) is 0 Å². The van der Waals surface area contributed by atoms with Gasteiger partial charge in [-0.2, -0.15) is 5.10 Å². The lowest BCUT2D eigenvalue weighted by Gasteiger charge is -2.12. The predicted molar refractivity (Wildman–Crippen MR) is 71.8 cm³/mol. The van der Waals surface area contributed by atoms with Crippen LogP contribution in [0.1, 0.15) is 12.8 Å². The van der Waals surface area contributed by atoms with Crippen LogP contribution in [0.25, 0.3) is 11.4 Å². The van der Waals surface area contributed by atoms with Crippen LogP contribution in [0.15, 0.2) is 30.3 Å². The van der Waals surface area contributed by atoms with Gasteiger partial charge in [0.25, 0.3) is 0 Å². The molecular weight excluding hydrogens is 246 g/mol. The molecule has 0 aliphatic carbocycles. The summed E-state index contributed by atoms with van der Waals surface area (Å²) in [5.41, 5.74) is 1.07. The Kier molecular flexibility index (Phi) is 3.25. The van der Waals surface area contributed by atoms with Crippen molar-refractivity contribution in [3.8, 4) is 11.4 Å². The topological polar surface area (TPSA) is 42.8 Å². The molecule has 1 saturated heterocycles. The zero-order valence-corrected chi connectivity index (χ0v) is 10.8. The molecule has 3 rings (SSSR count). The monoisotopic (exact) mass is 261 g/mol. The Morgan fingerprint density at radius 3 is 2.94 bits per heavy atom. The molecule has 1 aliphatic rings. The van der Waals surface area contributed by atoms with Gasteiger partial charge in [-0.1, -0.05) is 30.3 Å². The van der Waals surface area contributed by atoms with Gasteiger partial charge in [-0.15, -0.1) is 0 Å². The average molecular weight is 261 g/mol. The predicted octanol–water partition coefficient (Wildman–Crippen LogP) is 2.79. The number of nitrogens with one attached hydrogen (secondary N) is 1. The molecule has 18 heavy (non-hydrogen) atoms.